The maximum Gasteiger partial charge on any atom is 0.324 e. The van der Waals surface area contributed by atoms with Gasteiger partial charge in [0.25, 0.3) is 5.56 Å². The average molecular weight is 256 g/mol. The fraction of sp³-hybridized carbons (Fsp3) is 0.154. The van der Waals surface area contributed by atoms with E-state index in [1.165, 1.54) is 9.25 Å². The molecule has 0 saturated heterocycles. The van der Waals surface area contributed by atoms with Crippen LogP contribution in [0.15, 0.2) is 29.1 Å². The lowest BCUT2D eigenvalue weighted by atomic mass is 10.1. The van der Waals surface area contributed by atoms with E-state index in [-0.39, 0.29) is 11.1 Å². The normalized spacial score (nSPS) is 11.3. The van der Waals surface area contributed by atoms with E-state index < -0.39 is 6.03 Å². The number of fused-ring (bicyclic) bond motifs is 3. The van der Waals surface area contributed by atoms with Gasteiger partial charge in [-0.05, 0) is 13.0 Å². The summed E-state index contributed by atoms with van der Waals surface area (Å²) in [7, 11) is 1.55. The smallest absolute Gasteiger partial charge is 0.324 e. The number of para-hydroxylation sites is 1. The summed E-state index contributed by atoms with van der Waals surface area (Å²) >= 11 is 0. The summed E-state index contributed by atoms with van der Waals surface area (Å²) < 4.78 is 2.47. The number of aryl methyl sites for hydroxylation is 2. The highest BCUT2D eigenvalue weighted by atomic mass is 16.2. The van der Waals surface area contributed by atoms with E-state index in [1.807, 2.05) is 12.1 Å². The van der Waals surface area contributed by atoms with Gasteiger partial charge < -0.3 is 5.73 Å². The molecule has 0 fully saturated rings. The van der Waals surface area contributed by atoms with Gasteiger partial charge in [0.1, 0.15) is 5.52 Å². The molecule has 3 rings (SSSR count). The van der Waals surface area contributed by atoms with E-state index in [0.29, 0.717) is 16.6 Å². The van der Waals surface area contributed by atoms with Crippen LogP contribution in [0, 0.1) is 6.92 Å². The van der Waals surface area contributed by atoms with Crippen LogP contribution in [-0.2, 0) is 7.05 Å². The molecule has 0 aliphatic heterocycles. The van der Waals surface area contributed by atoms with Gasteiger partial charge in [-0.1, -0.05) is 18.2 Å². The van der Waals surface area contributed by atoms with Crippen LogP contribution < -0.4 is 11.3 Å². The summed E-state index contributed by atoms with van der Waals surface area (Å²) in [6, 6.07) is 6.59. The molecule has 96 valence electrons. The molecule has 1 amide bonds. The van der Waals surface area contributed by atoms with Gasteiger partial charge in [0.15, 0.2) is 0 Å². The average Bonchev–Trinajstić information content (AvgIpc) is 2.71. The van der Waals surface area contributed by atoms with Crippen molar-refractivity contribution in [3.8, 4) is 0 Å². The summed E-state index contributed by atoms with van der Waals surface area (Å²) in [5.41, 5.74) is 6.67. The Morgan fingerprint density at radius 2 is 2.00 bits per heavy atom. The fourth-order valence-electron chi connectivity index (χ4n) is 2.51. The van der Waals surface area contributed by atoms with Gasteiger partial charge in [0, 0.05) is 17.8 Å². The minimum Gasteiger partial charge on any atom is -0.351 e. The summed E-state index contributed by atoms with van der Waals surface area (Å²) in [5, 5.41) is 5.65. The lowest BCUT2D eigenvalue weighted by Crippen LogP contribution is -2.27. The lowest BCUT2D eigenvalue weighted by Gasteiger charge is -2.03. The Hall–Kier alpha value is -2.63. The first-order valence-electron chi connectivity index (χ1n) is 5.79. The van der Waals surface area contributed by atoms with E-state index in [1.54, 1.807) is 26.1 Å². The SMILES string of the molecule is Cc1nn(C)c(=O)c2c1c1ccccc1n2C(N)=O. The quantitative estimate of drug-likeness (QED) is 0.654. The summed E-state index contributed by atoms with van der Waals surface area (Å²) in [6.07, 6.45) is 0. The predicted octanol–water partition coefficient (Wildman–Crippen LogP) is 1.12. The molecule has 6 nitrogen and oxygen atoms in total. The standard InChI is InChI=1S/C13H12N4O2/c1-7-10-8-5-3-4-6-9(8)17(13(14)19)11(10)12(18)16(2)15-7/h3-6H,1-2H3,(H2,14,19). The van der Waals surface area contributed by atoms with Crippen molar-refractivity contribution in [1.29, 1.82) is 0 Å². The minimum atomic E-state index is -0.672. The molecule has 2 heterocycles. The summed E-state index contributed by atoms with van der Waals surface area (Å²) in [4.78, 5) is 23.9. The van der Waals surface area contributed by atoms with Crippen LogP contribution in [0.3, 0.4) is 0 Å². The third-order valence-electron chi connectivity index (χ3n) is 3.25. The highest BCUT2D eigenvalue weighted by Gasteiger charge is 2.19. The van der Waals surface area contributed by atoms with Gasteiger partial charge in [-0.3, -0.25) is 9.36 Å². The van der Waals surface area contributed by atoms with Crippen molar-refractivity contribution in [2.24, 2.45) is 12.8 Å². The van der Waals surface area contributed by atoms with E-state index in [9.17, 15) is 9.59 Å². The molecule has 2 aromatic heterocycles. The zero-order valence-corrected chi connectivity index (χ0v) is 10.5. The maximum absolute atomic E-state index is 12.2. The number of hydrogen-bond acceptors (Lipinski definition) is 3. The van der Waals surface area contributed by atoms with Gasteiger partial charge in [0.2, 0.25) is 0 Å². The van der Waals surface area contributed by atoms with Crippen LogP contribution in [0.5, 0.6) is 0 Å². The molecule has 0 aliphatic carbocycles. The topological polar surface area (TPSA) is 82.9 Å². The molecule has 19 heavy (non-hydrogen) atoms. The number of hydrogen-bond donors (Lipinski definition) is 1. The highest BCUT2D eigenvalue weighted by molar-refractivity contribution is 6.13. The van der Waals surface area contributed by atoms with Crippen LogP contribution in [-0.4, -0.2) is 20.4 Å². The van der Waals surface area contributed by atoms with Crippen molar-refractivity contribution in [2.45, 2.75) is 6.92 Å². The van der Waals surface area contributed by atoms with Crippen LogP contribution in [0.2, 0.25) is 0 Å². The van der Waals surface area contributed by atoms with Crippen molar-refractivity contribution >= 4 is 27.8 Å². The third-order valence-corrected chi connectivity index (χ3v) is 3.25. The largest absolute Gasteiger partial charge is 0.351 e. The second kappa shape index (κ2) is 3.68. The number of benzene rings is 1. The predicted molar refractivity (Wildman–Crippen MR) is 72.2 cm³/mol. The first-order chi connectivity index (χ1) is 9.02. The molecule has 0 spiro atoms. The number of amides is 1. The fourth-order valence-corrected chi connectivity index (χ4v) is 2.51. The number of rotatable bonds is 0. The van der Waals surface area contributed by atoms with Gasteiger partial charge >= 0.3 is 6.03 Å². The first kappa shape index (κ1) is 11.5. The summed E-state index contributed by atoms with van der Waals surface area (Å²) in [6.45, 7) is 1.81. The molecule has 0 unspecified atom stereocenters. The van der Waals surface area contributed by atoms with Crippen LogP contribution >= 0.6 is 0 Å². The number of aromatic nitrogens is 3. The molecular weight excluding hydrogens is 244 g/mol. The molecular formula is C13H12N4O2. The monoisotopic (exact) mass is 256 g/mol. The molecule has 0 aliphatic rings. The highest BCUT2D eigenvalue weighted by Crippen LogP contribution is 2.27. The van der Waals surface area contributed by atoms with Crippen LogP contribution in [0.1, 0.15) is 5.69 Å². The van der Waals surface area contributed by atoms with Gasteiger partial charge in [-0.15, -0.1) is 0 Å². The first-order valence-corrected chi connectivity index (χ1v) is 5.79. The van der Waals surface area contributed by atoms with E-state index in [2.05, 4.69) is 5.10 Å². The van der Waals surface area contributed by atoms with Gasteiger partial charge in [-0.25, -0.2) is 9.48 Å². The second-order valence-electron chi connectivity index (χ2n) is 4.43. The van der Waals surface area contributed by atoms with Crippen molar-refractivity contribution in [1.82, 2.24) is 14.3 Å². The molecule has 6 heteroatoms. The number of carbonyl (C=O) groups excluding carboxylic acids is 1. The molecule has 0 atom stereocenters. The van der Waals surface area contributed by atoms with Gasteiger partial charge in [-0.2, -0.15) is 5.10 Å². The second-order valence-corrected chi connectivity index (χ2v) is 4.43. The number of nitrogens with zero attached hydrogens (tertiary/aromatic N) is 3. The Morgan fingerprint density at radius 1 is 1.32 bits per heavy atom. The van der Waals surface area contributed by atoms with Crippen molar-refractivity contribution in [3.63, 3.8) is 0 Å². The molecule has 3 aromatic rings. The van der Waals surface area contributed by atoms with Crippen molar-refractivity contribution < 1.29 is 4.79 Å². The lowest BCUT2D eigenvalue weighted by molar-refractivity contribution is 0.252. The molecule has 2 N–H and O–H groups in total. The summed E-state index contributed by atoms with van der Waals surface area (Å²) in [5.74, 6) is 0. The molecule has 0 radical (unpaired) electrons. The molecule has 0 bridgehead atoms. The number of carbonyl (C=O) groups is 1. The van der Waals surface area contributed by atoms with E-state index in [0.717, 1.165) is 5.39 Å². The van der Waals surface area contributed by atoms with Gasteiger partial charge in [0.05, 0.1) is 11.2 Å². The van der Waals surface area contributed by atoms with Crippen LogP contribution in [0.4, 0.5) is 4.79 Å². The van der Waals surface area contributed by atoms with E-state index in [4.69, 9.17) is 5.73 Å². The van der Waals surface area contributed by atoms with E-state index >= 15 is 0 Å². The maximum atomic E-state index is 12.2. The minimum absolute atomic E-state index is 0.281. The Kier molecular flexibility index (Phi) is 2.22. The Balaban J connectivity index is 2.77. The third kappa shape index (κ3) is 1.40. The zero-order chi connectivity index (χ0) is 13.7. The molecule has 0 saturated carbocycles. The number of primary amides is 1. The number of nitrogens with two attached hydrogens (primary N) is 1. The van der Waals surface area contributed by atoms with Crippen LogP contribution in [0.25, 0.3) is 21.8 Å². The zero-order valence-electron chi connectivity index (χ0n) is 10.5. The Labute approximate surface area is 108 Å². The molecule has 1 aromatic carbocycles. The van der Waals surface area contributed by atoms with Crippen molar-refractivity contribution in [2.75, 3.05) is 0 Å². The van der Waals surface area contributed by atoms with Crippen molar-refractivity contribution in [3.05, 3.63) is 40.3 Å². The Bertz CT molecular complexity index is 889. The Morgan fingerprint density at radius 3 is 2.68 bits per heavy atom.